The largest absolute Gasteiger partial charge is 0.377 e. The Bertz CT molecular complexity index is 743. The minimum absolute atomic E-state index is 0.0513. The molecule has 0 bridgehead atoms. The molecule has 4 rings (SSSR count). The van der Waals surface area contributed by atoms with E-state index in [0.29, 0.717) is 26.3 Å². The summed E-state index contributed by atoms with van der Waals surface area (Å²) in [4.78, 5) is 25.0. The van der Waals surface area contributed by atoms with Gasteiger partial charge in [0.15, 0.2) is 0 Å². The second-order valence-electron chi connectivity index (χ2n) is 6.75. The van der Waals surface area contributed by atoms with Gasteiger partial charge in [-0.2, -0.15) is 0 Å². The van der Waals surface area contributed by atoms with Gasteiger partial charge in [-0.3, -0.25) is 19.7 Å². The van der Waals surface area contributed by atoms with E-state index in [1.54, 1.807) is 23.5 Å². The van der Waals surface area contributed by atoms with Gasteiger partial charge in [-0.05, 0) is 24.3 Å². The summed E-state index contributed by atoms with van der Waals surface area (Å²) >= 11 is 0. The molecular formula is C19H22N4O3. The number of hydrogen-bond donors (Lipinski definition) is 0. The van der Waals surface area contributed by atoms with E-state index in [0.717, 1.165) is 24.5 Å². The fourth-order valence-corrected chi connectivity index (χ4v) is 3.49. The third-order valence-corrected chi connectivity index (χ3v) is 4.75. The molecule has 2 aromatic rings. The maximum Gasteiger partial charge on any atom is 0.253 e. The highest BCUT2D eigenvalue weighted by molar-refractivity contribution is 5.95. The number of carbonyl (C=O) groups is 1. The van der Waals surface area contributed by atoms with Crippen molar-refractivity contribution < 1.29 is 14.3 Å². The molecule has 136 valence electrons. The second-order valence-corrected chi connectivity index (χ2v) is 6.75. The molecule has 7 heteroatoms. The third kappa shape index (κ3) is 3.75. The predicted octanol–water partition coefficient (Wildman–Crippen LogP) is 1.11. The lowest BCUT2D eigenvalue weighted by molar-refractivity contribution is -0.146. The standard InChI is InChI=1S/C19H22N4O3/c24-18-12-26-19(14-23(18)17-5-3-6-20-10-17)13-22(8-9-25-15-19)11-16-4-1-2-7-21-16/h1-7,10H,8-9,11-15H2/t19-/m1/s1. The van der Waals surface area contributed by atoms with Crippen LogP contribution in [0.2, 0.25) is 0 Å². The number of pyridine rings is 2. The number of nitrogens with zero attached hydrogens (tertiary/aromatic N) is 4. The monoisotopic (exact) mass is 354 g/mol. The lowest BCUT2D eigenvalue weighted by Crippen LogP contribution is -2.60. The Kier molecular flexibility index (Phi) is 4.92. The summed E-state index contributed by atoms with van der Waals surface area (Å²) in [5.41, 5.74) is 1.26. The van der Waals surface area contributed by atoms with Crippen LogP contribution < -0.4 is 4.90 Å². The molecule has 2 aromatic heterocycles. The molecule has 1 spiro atoms. The quantitative estimate of drug-likeness (QED) is 0.823. The van der Waals surface area contributed by atoms with E-state index in [-0.39, 0.29) is 12.5 Å². The molecule has 4 heterocycles. The van der Waals surface area contributed by atoms with E-state index in [1.807, 2.05) is 30.3 Å². The maximum absolute atomic E-state index is 12.4. The Morgan fingerprint density at radius 1 is 1.15 bits per heavy atom. The number of morpholine rings is 1. The molecule has 2 saturated heterocycles. The molecule has 2 aliphatic heterocycles. The minimum Gasteiger partial charge on any atom is -0.377 e. The van der Waals surface area contributed by atoms with Gasteiger partial charge in [0.1, 0.15) is 12.2 Å². The molecule has 0 N–H and O–H groups in total. The Balaban J connectivity index is 1.53. The van der Waals surface area contributed by atoms with Gasteiger partial charge < -0.3 is 14.4 Å². The van der Waals surface area contributed by atoms with Crippen molar-refractivity contribution in [3.05, 3.63) is 54.6 Å². The van der Waals surface area contributed by atoms with Gasteiger partial charge in [-0.1, -0.05) is 6.07 Å². The van der Waals surface area contributed by atoms with Gasteiger partial charge in [0, 0.05) is 32.0 Å². The molecule has 2 fully saturated rings. The van der Waals surface area contributed by atoms with Crippen LogP contribution in [0.1, 0.15) is 5.69 Å². The molecule has 7 nitrogen and oxygen atoms in total. The van der Waals surface area contributed by atoms with E-state index in [4.69, 9.17) is 9.47 Å². The first-order chi connectivity index (χ1) is 12.7. The fourth-order valence-electron chi connectivity index (χ4n) is 3.49. The summed E-state index contributed by atoms with van der Waals surface area (Å²) in [7, 11) is 0. The van der Waals surface area contributed by atoms with Crippen molar-refractivity contribution in [2.45, 2.75) is 12.1 Å². The van der Waals surface area contributed by atoms with E-state index in [2.05, 4.69) is 14.9 Å². The van der Waals surface area contributed by atoms with Crippen LogP contribution >= 0.6 is 0 Å². The molecule has 26 heavy (non-hydrogen) atoms. The number of ether oxygens (including phenoxy) is 2. The summed E-state index contributed by atoms with van der Waals surface area (Å²) in [6.07, 6.45) is 5.22. The van der Waals surface area contributed by atoms with Crippen LogP contribution in [0.25, 0.3) is 0 Å². The lowest BCUT2D eigenvalue weighted by atomic mass is 10.0. The first-order valence-corrected chi connectivity index (χ1v) is 8.79. The van der Waals surface area contributed by atoms with Gasteiger partial charge >= 0.3 is 0 Å². The zero-order chi connectivity index (χ0) is 17.8. The molecule has 0 aliphatic carbocycles. The van der Waals surface area contributed by atoms with Crippen molar-refractivity contribution in [2.24, 2.45) is 0 Å². The number of aromatic nitrogens is 2. The number of rotatable bonds is 3. The molecule has 0 unspecified atom stereocenters. The molecule has 1 atom stereocenters. The van der Waals surface area contributed by atoms with Crippen LogP contribution in [0.15, 0.2) is 48.9 Å². The topological polar surface area (TPSA) is 67.8 Å². The number of hydrogen-bond acceptors (Lipinski definition) is 6. The summed E-state index contributed by atoms with van der Waals surface area (Å²) in [5.74, 6) is -0.0517. The summed E-state index contributed by atoms with van der Waals surface area (Å²) < 4.78 is 11.9. The van der Waals surface area contributed by atoms with Crippen LogP contribution in [0.3, 0.4) is 0 Å². The summed E-state index contributed by atoms with van der Waals surface area (Å²) in [5, 5.41) is 0. The summed E-state index contributed by atoms with van der Waals surface area (Å²) in [6, 6.07) is 9.66. The lowest BCUT2D eigenvalue weighted by Gasteiger charge is -2.42. The number of carbonyl (C=O) groups excluding carboxylic acids is 1. The molecule has 0 aromatic carbocycles. The number of amides is 1. The van der Waals surface area contributed by atoms with E-state index in [9.17, 15) is 4.79 Å². The van der Waals surface area contributed by atoms with Crippen molar-refractivity contribution in [1.82, 2.24) is 14.9 Å². The summed E-state index contributed by atoms with van der Waals surface area (Å²) in [6.45, 7) is 3.84. The van der Waals surface area contributed by atoms with E-state index in [1.165, 1.54) is 0 Å². The van der Waals surface area contributed by atoms with Gasteiger partial charge in [0.2, 0.25) is 0 Å². The highest BCUT2D eigenvalue weighted by Crippen LogP contribution is 2.27. The number of anilines is 1. The second kappa shape index (κ2) is 7.49. The van der Waals surface area contributed by atoms with E-state index < -0.39 is 5.60 Å². The third-order valence-electron chi connectivity index (χ3n) is 4.75. The van der Waals surface area contributed by atoms with Gasteiger partial charge in [-0.25, -0.2) is 0 Å². The Hall–Kier alpha value is -2.35. The van der Waals surface area contributed by atoms with Crippen LogP contribution in [0.5, 0.6) is 0 Å². The highest BCUT2D eigenvalue weighted by Gasteiger charge is 2.43. The van der Waals surface area contributed by atoms with Crippen molar-refractivity contribution in [2.75, 3.05) is 44.4 Å². The van der Waals surface area contributed by atoms with E-state index >= 15 is 0 Å². The van der Waals surface area contributed by atoms with Gasteiger partial charge in [0.25, 0.3) is 5.91 Å². The Morgan fingerprint density at radius 2 is 2.12 bits per heavy atom. The molecular weight excluding hydrogens is 332 g/mol. The van der Waals surface area contributed by atoms with Crippen molar-refractivity contribution >= 4 is 11.6 Å². The average Bonchev–Trinajstić information content (AvgIpc) is 2.88. The highest BCUT2D eigenvalue weighted by atomic mass is 16.6. The van der Waals surface area contributed by atoms with Crippen molar-refractivity contribution in [1.29, 1.82) is 0 Å². The molecule has 0 radical (unpaired) electrons. The van der Waals surface area contributed by atoms with Crippen molar-refractivity contribution in [3.63, 3.8) is 0 Å². The zero-order valence-electron chi connectivity index (χ0n) is 14.6. The average molecular weight is 354 g/mol. The van der Waals surface area contributed by atoms with Gasteiger partial charge in [-0.15, -0.1) is 0 Å². The first kappa shape index (κ1) is 17.1. The minimum atomic E-state index is -0.547. The van der Waals surface area contributed by atoms with Crippen LogP contribution in [-0.4, -0.2) is 65.8 Å². The Morgan fingerprint density at radius 3 is 2.92 bits per heavy atom. The van der Waals surface area contributed by atoms with Crippen LogP contribution in [-0.2, 0) is 20.8 Å². The molecule has 1 amide bonds. The zero-order valence-corrected chi connectivity index (χ0v) is 14.6. The first-order valence-electron chi connectivity index (χ1n) is 8.79. The van der Waals surface area contributed by atoms with Gasteiger partial charge in [0.05, 0.1) is 37.3 Å². The van der Waals surface area contributed by atoms with Crippen molar-refractivity contribution in [3.8, 4) is 0 Å². The predicted molar refractivity (Wildman–Crippen MR) is 95.6 cm³/mol. The maximum atomic E-state index is 12.4. The van der Waals surface area contributed by atoms with Crippen LogP contribution in [0, 0.1) is 0 Å². The normalized spacial score (nSPS) is 24.6. The fraction of sp³-hybridized carbons (Fsp3) is 0.421. The molecule has 2 aliphatic rings. The molecule has 0 saturated carbocycles. The smallest absolute Gasteiger partial charge is 0.253 e. The van der Waals surface area contributed by atoms with Crippen LogP contribution in [0.4, 0.5) is 5.69 Å². The SMILES string of the molecule is O=C1CO[C@@]2(COCCN(Cc3ccccn3)C2)CN1c1cccnc1. The Labute approximate surface area is 152 Å².